The van der Waals surface area contributed by atoms with Gasteiger partial charge in [0.05, 0.1) is 23.0 Å². The van der Waals surface area contributed by atoms with Crippen LogP contribution in [0.4, 0.5) is 0 Å². The minimum Gasteiger partial charge on any atom is -0.472 e. The van der Waals surface area contributed by atoms with Gasteiger partial charge in [0.2, 0.25) is 0 Å². The minimum atomic E-state index is -0.436. The molecule has 0 N–H and O–H groups in total. The largest absolute Gasteiger partial charge is 0.472 e. The Hall–Kier alpha value is -2.14. The second-order valence-electron chi connectivity index (χ2n) is 3.41. The maximum Gasteiger partial charge on any atom is 0.368 e. The fraction of sp³-hybridized carbons (Fsp3) is 0. The smallest absolute Gasteiger partial charge is 0.368 e. The van der Waals surface area contributed by atoms with Crippen LogP contribution in [0.5, 0.6) is 0 Å². The molecule has 0 aliphatic carbocycles. The van der Waals surface area contributed by atoms with Crippen LogP contribution >= 0.6 is 11.3 Å². The Bertz CT molecular complexity index is 594. The first-order valence-electron chi connectivity index (χ1n) is 4.92. The van der Waals surface area contributed by atoms with Crippen LogP contribution < -0.4 is 0 Å². The number of carbonyl (C=O) groups is 1. The van der Waals surface area contributed by atoms with Gasteiger partial charge in [0.25, 0.3) is 0 Å². The molecule has 0 saturated heterocycles. The lowest BCUT2D eigenvalue weighted by Crippen LogP contribution is -2.05. The molecule has 2 aromatic heterocycles. The summed E-state index contributed by atoms with van der Waals surface area (Å²) >= 11 is 1.51. The summed E-state index contributed by atoms with van der Waals surface area (Å²) in [6.45, 7) is 0. The van der Waals surface area contributed by atoms with Crippen LogP contribution in [-0.4, -0.2) is 11.7 Å². The molecule has 2 aromatic rings. The summed E-state index contributed by atoms with van der Waals surface area (Å²) in [7, 11) is 0. The molecule has 0 aromatic carbocycles. The van der Waals surface area contributed by atoms with E-state index in [2.05, 4.69) is 5.16 Å². The van der Waals surface area contributed by atoms with E-state index in [0.29, 0.717) is 11.3 Å². The number of furan rings is 1. The van der Waals surface area contributed by atoms with Gasteiger partial charge in [-0.3, -0.25) is 0 Å². The first-order valence-corrected chi connectivity index (χ1v) is 5.80. The van der Waals surface area contributed by atoms with Crippen molar-refractivity contribution < 1.29 is 14.0 Å². The predicted octanol–water partition coefficient (Wildman–Crippen LogP) is 2.69. The Morgan fingerprint density at radius 3 is 3.00 bits per heavy atom. The van der Waals surface area contributed by atoms with Gasteiger partial charge in [-0.15, -0.1) is 11.3 Å². The molecule has 0 fully saturated rings. The summed E-state index contributed by atoms with van der Waals surface area (Å²) < 4.78 is 4.95. The van der Waals surface area contributed by atoms with Crippen LogP contribution in [-0.2, 0) is 9.63 Å². The van der Waals surface area contributed by atoms with Crippen LogP contribution in [0.1, 0.15) is 10.4 Å². The van der Waals surface area contributed by atoms with Crippen molar-refractivity contribution in [3.8, 4) is 0 Å². The van der Waals surface area contributed by atoms with Gasteiger partial charge in [-0.1, -0.05) is 11.2 Å². The number of hydrogen-bond acceptors (Lipinski definition) is 5. The lowest BCUT2D eigenvalue weighted by atomic mass is 10.1. The molecule has 5 heteroatoms. The maximum absolute atomic E-state index is 11.6. The molecular weight excluding hydrogens is 238 g/mol. The van der Waals surface area contributed by atoms with Crippen molar-refractivity contribution in [3.05, 3.63) is 52.1 Å². The Balaban J connectivity index is 2.03. The zero-order chi connectivity index (χ0) is 11.7. The number of nitrogens with zero attached hydrogens (tertiary/aromatic N) is 1. The molecule has 84 valence electrons. The third kappa shape index (κ3) is 1.81. The number of hydrogen-bond donors (Lipinski definition) is 0. The van der Waals surface area contributed by atoms with E-state index in [1.165, 1.54) is 11.3 Å². The van der Waals surface area contributed by atoms with E-state index < -0.39 is 5.97 Å². The zero-order valence-electron chi connectivity index (χ0n) is 8.62. The Kier molecular flexibility index (Phi) is 2.38. The highest BCUT2D eigenvalue weighted by molar-refractivity contribution is 7.12. The molecule has 4 nitrogen and oxygen atoms in total. The van der Waals surface area contributed by atoms with E-state index in [1.807, 2.05) is 17.5 Å². The fourth-order valence-electron chi connectivity index (χ4n) is 1.52. The van der Waals surface area contributed by atoms with E-state index in [9.17, 15) is 4.79 Å². The van der Waals surface area contributed by atoms with E-state index in [0.717, 1.165) is 10.4 Å². The van der Waals surface area contributed by atoms with Gasteiger partial charge in [0.1, 0.15) is 5.71 Å². The number of rotatable bonds is 2. The average Bonchev–Trinajstić information content (AvgIpc) is 3.03. The van der Waals surface area contributed by atoms with E-state index >= 15 is 0 Å². The molecular formula is C12H7NO3S. The van der Waals surface area contributed by atoms with Crippen molar-refractivity contribution in [3.63, 3.8) is 0 Å². The van der Waals surface area contributed by atoms with Crippen LogP contribution in [0.2, 0.25) is 0 Å². The van der Waals surface area contributed by atoms with Crippen molar-refractivity contribution in [1.82, 2.24) is 0 Å². The predicted molar refractivity (Wildman–Crippen MR) is 63.6 cm³/mol. The van der Waals surface area contributed by atoms with Gasteiger partial charge in [0, 0.05) is 5.56 Å². The highest BCUT2D eigenvalue weighted by Gasteiger charge is 2.27. The standard InChI is InChI=1S/C12H7NO3S/c14-12-9(6-8-3-4-15-7-8)11(13-16-12)10-2-1-5-17-10/h1-7H/b9-6-. The summed E-state index contributed by atoms with van der Waals surface area (Å²) in [5, 5.41) is 5.73. The molecule has 1 aliphatic rings. The average molecular weight is 245 g/mol. The molecule has 0 bridgehead atoms. The van der Waals surface area contributed by atoms with E-state index in [4.69, 9.17) is 9.25 Å². The fourth-order valence-corrected chi connectivity index (χ4v) is 2.24. The summed E-state index contributed by atoms with van der Waals surface area (Å²) in [6, 6.07) is 5.57. The molecule has 17 heavy (non-hydrogen) atoms. The van der Waals surface area contributed by atoms with Crippen molar-refractivity contribution in [2.45, 2.75) is 0 Å². The second kappa shape index (κ2) is 4.03. The zero-order valence-corrected chi connectivity index (χ0v) is 9.44. The molecule has 3 rings (SSSR count). The van der Waals surface area contributed by atoms with Gasteiger partial charge in [-0.25, -0.2) is 4.79 Å². The summed E-state index contributed by atoms with van der Waals surface area (Å²) in [5.74, 6) is -0.436. The first kappa shape index (κ1) is 10.0. The summed E-state index contributed by atoms with van der Waals surface area (Å²) in [5.41, 5.74) is 1.84. The molecule has 0 unspecified atom stereocenters. The Morgan fingerprint density at radius 2 is 2.29 bits per heavy atom. The highest BCUT2D eigenvalue weighted by Crippen LogP contribution is 2.23. The Morgan fingerprint density at radius 1 is 1.35 bits per heavy atom. The van der Waals surface area contributed by atoms with Crippen LogP contribution in [0.3, 0.4) is 0 Å². The summed E-state index contributed by atoms with van der Waals surface area (Å²) in [4.78, 5) is 17.2. The molecule has 3 heterocycles. The highest BCUT2D eigenvalue weighted by atomic mass is 32.1. The number of carbonyl (C=O) groups excluding carboxylic acids is 1. The van der Waals surface area contributed by atoms with Gasteiger partial charge in [-0.2, -0.15) is 0 Å². The van der Waals surface area contributed by atoms with Crippen molar-refractivity contribution in [1.29, 1.82) is 0 Å². The van der Waals surface area contributed by atoms with Gasteiger partial charge in [-0.05, 0) is 23.6 Å². The summed E-state index contributed by atoms with van der Waals surface area (Å²) in [6.07, 6.45) is 4.82. The number of oxime groups is 1. The molecule has 1 aliphatic heterocycles. The molecule has 0 saturated carbocycles. The maximum atomic E-state index is 11.6. The lowest BCUT2D eigenvalue weighted by Gasteiger charge is -1.94. The third-order valence-corrected chi connectivity index (χ3v) is 3.18. The minimum absolute atomic E-state index is 0.436. The van der Waals surface area contributed by atoms with Crippen LogP contribution in [0, 0.1) is 0 Å². The van der Waals surface area contributed by atoms with Crippen molar-refractivity contribution in [2.75, 3.05) is 0 Å². The third-order valence-electron chi connectivity index (χ3n) is 2.30. The molecule has 0 atom stereocenters. The first-order chi connectivity index (χ1) is 8.34. The number of thiophene rings is 1. The van der Waals surface area contributed by atoms with E-state index in [1.54, 1.807) is 24.7 Å². The van der Waals surface area contributed by atoms with Gasteiger partial charge >= 0.3 is 5.97 Å². The second-order valence-corrected chi connectivity index (χ2v) is 4.36. The van der Waals surface area contributed by atoms with Gasteiger partial charge < -0.3 is 9.25 Å². The lowest BCUT2D eigenvalue weighted by molar-refractivity contribution is -0.136. The van der Waals surface area contributed by atoms with Crippen LogP contribution in [0.15, 0.2) is 51.3 Å². The van der Waals surface area contributed by atoms with E-state index in [-0.39, 0.29) is 0 Å². The molecule has 0 spiro atoms. The quantitative estimate of drug-likeness (QED) is 0.603. The van der Waals surface area contributed by atoms with Crippen molar-refractivity contribution >= 4 is 29.1 Å². The Labute approximate surface area is 101 Å². The van der Waals surface area contributed by atoms with Gasteiger partial charge in [0.15, 0.2) is 0 Å². The SMILES string of the molecule is O=C1ON=C(c2cccs2)/C1=C/c1ccoc1. The topological polar surface area (TPSA) is 51.8 Å². The molecule has 0 amide bonds. The molecule has 0 radical (unpaired) electrons. The monoisotopic (exact) mass is 245 g/mol. The normalized spacial score (nSPS) is 17.3. The van der Waals surface area contributed by atoms with Crippen molar-refractivity contribution in [2.24, 2.45) is 5.16 Å². The van der Waals surface area contributed by atoms with Crippen LogP contribution in [0.25, 0.3) is 6.08 Å².